The van der Waals surface area contributed by atoms with Crippen LogP contribution in [0.5, 0.6) is 0 Å². The summed E-state index contributed by atoms with van der Waals surface area (Å²) in [6.07, 6.45) is 12.8. The molecule has 3 heteroatoms. The maximum Gasteiger partial charge on any atom is 0.0219 e. The Bertz CT molecular complexity index is 432. The van der Waals surface area contributed by atoms with Gasteiger partial charge in [-0.15, -0.1) is 11.3 Å². The zero-order valence-electron chi connectivity index (χ0n) is 12.9. The Morgan fingerprint density at radius 2 is 1.86 bits per heavy atom. The van der Waals surface area contributed by atoms with Crippen molar-refractivity contribution < 1.29 is 0 Å². The average Bonchev–Trinajstić information content (AvgIpc) is 2.95. The Morgan fingerprint density at radius 1 is 1.19 bits per heavy atom. The van der Waals surface area contributed by atoms with Crippen LogP contribution in [-0.2, 0) is 6.42 Å². The van der Waals surface area contributed by atoms with Crippen LogP contribution < -0.4 is 11.3 Å². The van der Waals surface area contributed by atoms with Crippen molar-refractivity contribution in [3.8, 4) is 0 Å². The topological polar surface area (TPSA) is 38.0 Å². The predicted octanol–water partition coefficient (Wildman–Crippen LogP) is 4.12. The van der Waals surface area contributed by atoms with Gasteiger partial charge in [-0.25, -0.2) is 0 Å². The molecule has 0 amide bonds. The number of nitrogens with two attached hydrogens (primary N) is 1. The molecule has 1 unspecified atom stereocenters. The molecule has 1 heterocycles. The highest BCUT2D eigenvalue weighted by Crippen LogP contribution is 2.61. The molecule has 4 bridgehead atoms. The molecule has 21 heavy (non-hydrogen) atoms. The highest BCUT2D eigenvalue weighted by atomic mass is 32.1. The number of hydrogen-bond acceptors (Lipinski definition) is 3. The van der Waals surface area contributed by atoms with E-state index in [1.165, 1.54) is 62.7 Å². The number of hydrazine groups is 1. The van der Waals surface area contributed by atoms with Crippen molar-refractivity contribution in [2.75, 3.05) is 0 Å². The second-order valence-electron chi connectivity index (χ2n) is 8.10. The Kier molecular flexibility index (Phi) is 3.85. The summed E-state index contributed by atoms with van der Waals surface area (Å²) in [5.74, 6) is 9.04. The molecule has 4 aliphatic carbocycles. The van der Waals surface area contributed by atoms with E-state index in [0.717, 1.165) is 17.8 Å². The van der Waals surface area contributed by atoms with E-state index in [2.05, 4.69) is 22.9 Å². The second kappa shape index (κ2) is 5.68. The summed E-state index contributed by atoms with van der Waals surface area (Å²) in [4.78, 5) is 1.50. The van der Waals surface area contributed by atoms with E-state index in [1.807, 2.05) is 11.3 Å². The molecule has 0 aromatic carbocycles. The molecule has 5 rings (SSSR count). The molecule has 3 N–H and O–H groups in total. The summed E-state index contributed by atoms with van der Waals surface area (Å²) in [6.45, 7) is 0. The first-order chi connectivity index (χ1) is 10.2. The SMILES string of the molecule is NNC(CCc1cccs1)CC12CC3CC(CC(C3)C1)C2. The van der Waals surface area contributed by atoms with Crippen molar-refractivity contribution in [3.05, 3.63) is 22.4 Å². The summed E-state index contributed by atoms with van der Waals surface area (Å²) in [7, 11) is 0. The molecule has 4 fully saturated rings. The van der Waals surface area contributed by atoms with E-state index in [0.29, 0.717) is 11.5 Å². The summed E-state index contributed by atoms with van der Waals surface area (Å²) < 4.78 is 0. The van der Waals surface area contributed by atoms with Crippen LogP contribution in [0, 0.1) is 23.2 Å². The van der Waals surface area contributed by atoms with Crippen LogP contribution in [-0.4, -0.2) is 6.04 Å². The minimum absolute atomic E-state index is 0.503. The van der Waals surface area contributed by atoms with Crippen LogP contribution in [0.1, 0.15) is 56.2 Å². The van der Waals surface area contributed by atoms with Gasteiger partial charge >= 0.3 is 0 Å². The number of rotatable bonds is 6. The van der Waals surface area contributed by atoms with Gasteiger partial charge in [0.25, 0.3) is 0 Å². The zero-order chi connectivity index (χ0) is 14.3. The van der Waals surface area contributed by atoms with E-state index < -0.39 is 0 Å². The van der Waals surface area contributed by atoms with E-state index in [4.69, 9.17) is 5.84 Å². The number of aryl methyl sites for hydroxylation is 1. The van der Waals surface area contributed by atoms with Gasteiger partial charge in [-0.2, -0.15) is 0 Å². The Morgan fingerprint density at radius 3 is 2.38 bits per heavy atom. The van der Waals surface area contributed by atoms with Gasteiger partial charge in [0.1, 0.15) is 0 Å². The number of thiophene rings is 1. The van der Waals surface area contributed by atoms with Gasteiger partial charge in [0, 0.05) is 10.9 Å². The van der Waals surface area contributed by atoms with Crippen LogP contribution in [0.25, 0.3) is 0 Å². The minimum Gasteiger partial charge on any atom is -0.271 e. The van der Waals surface area contributed by atoms with Crippen LogP contribution in [0.4, 0.5) is 0 Å². The molecule has 1 atom stereocenters. The first-order valence-electron chi connectivity index (χ1n) is 8.73. The first kappa shape index (κ1) is 14.2. The molecule has 116 valence electrons. The number of hydrogen-bond donors (Lipinski definition) is 2. The van der Waals surface area contributed by atoms with E-state index in [1.54, 1.807) is 0 Å². The van der Waals surface area contributed by atoms with Gasteiger partial charge in [-0.3, -0.25) is 11.3 Å². The van der Waals surface area contributed by atoms with E-state index in [-0.39, 0.29) is 0 Å². The van der Waals surface area contributed by atoms with Crippen LogP contribution in [0.3, 0.4) is 0 Å². The maximum atomic E-state index is 5.89. The normalized spacial score (nSPS) is 38.8. The summed E-state index contributed by atoms with van der Waals surface area (Å²) >= 11 is 1.88. The standard InChI is InChI=1S/C18H28N2S/c19-20-16(3-4-17-2-1-5-21-17)12-18-9-13-6-14(10-18)8-15(7-13)11-18/h1-2,5,13-16,20H,3-4,6-12,19H2. The Labute approximate surface area is 132 Å². The molecular formula is C18H28N2S. The second-order valence-corrected chi connectivity index (χ2v) is 9.14. The minimum atomic E-state index is 0.503. The third-order valence-electron chi connectivity index (χ3n) is 6.40. The lowest BCUT2D eigenvalue weighted by molar-refractivity contribution is -0.0623. The fraction of sp³-hybridized carbons (Fsp3) is 0.778. The molecular weight excluding hydrogens is 276 g/mol. The van der Waals surface area contributed by atoms with Gasteiger partial charge in [-0.1, -0.05) is 6.07 Å². The van der Waals surface area contributed by atoms with Gasteiger partial charge in [0.15, 0.2) is 0 Å². The zero-order valence-corrected chi connectivity index (χ0v) is 13.7. The Balaban J connectivity index is 1.39. The van der Waals surface area contributed by atoms with E-state index in [9.17, 15) is 0 Å². The van der Waals surface area contributed by atoms with Crippen LogP contribution in [0.2, 0.25) is 0 Å². The van der Waals surface area contributed by atoms with Gasteiger partial charge in [-0.05, 0) is 92.4 Å². The fourth-order valence-corrected chi connectivity index (χ4v) is 6.80. The lowest BCUT2D eigenvalue weighted by atomic mass is 9.48. The summed E-state index contributed by atoms with van der Waals surface area (Å²) in [6, 6.07) is 4.91. The number of nitrogens with one attached hydrogen (secondary N) is 1. The van der Waals surface area contributed by atoms with Crippen molar-refractivity contribution in [2.24, 2.45) is 29.0 Å². The molecule has 1 aromatic rings. The van der Waals surface area contributed by atoms with Gasteiger partial charge < -0.3 is 0 Å². The molecule has 0 radical (unpaired) electrons. The average molecular weight is 305 g/mol. The van der Waals surface area contributed by atoms with Gasteiger partial charge in [0.2, 0.25) is 0 Å². The Hall–Kier alpha value is -0.380. The van der Waals surface area contributed by atoms with Gasteiger partial charge in [0.05, 0.1) is 0 Å². The summed E-state index contributed by atoms with van der Waals surface area (Å²) in [5.41, 5.74) is 3.78. The quantitative estimate of drug-likeness (QED) is 0.613. The maximum absolute atomic E-state index is 5.89. The predicted molar refractivity (Wildman–Crippen MR) is 89.0 cm³/mol. The van der Waals surface area contributed by atoms with Crippen molar-refractivity contribution in [1.29, 1.82) is 0 Å². The highest BCUT2D eigenvalue weighted by molar-refractivity contribution is 7.09. The first-order valence-corrected chi connectivity index (χ1v) is 9.61. The van der Waals surface area contributed by atoms with E-state index >= 15 is 0 Å². The van der Waals surface area contributed by atoms with Crippen molar-refractivity contribution in [1.82, 2.24) is 5.43 Å². The largest absolute Gasteiger partial charge is 0.271 e. The summed E-state index contributed by atoms with van der Waals surface area (Å²) in [5, 5.41) is 2.18. The van der Waals surface area contributed by atoms with Crippen molar-refractivity contribution in [3.63, 3.8) is 0 Å². The molecule has 2 nitrogen and oxygen atoms in total. The monoisotopic (exact) mass is 304 g/mol. The van der Waals surface area contributed by atoms with Crippen LogP contribution >= 0.6 is 11.3 Å². The molecule has 1 aromatic heterocycles. The lowest BCUT2D eigenvalue weighted by Crippen LogP contribution is -2.49. The molecule has 4 aliphatic rings. The molecule has 0 saturated heterocycles. The molecule has 0 aliphatic heterocycles. The smallest absolute Gasteiger partial charge is 0.0219 e. The van der Waals surface area contributed by atoms with Crippen LogP contribution in [0.15, 0.2) is 17.5 Å². The lowest BCUT2D eigenvalue weighted by Gasteiger charge is -2.57. The molecule has 4 saturated carbocycles. The molecule has 0 spiro atoms. The third-order valence-corrected chi connectivity index (χ3v) is 7.34. The fourth-order valence-electron chi connectivity index (χ4n) is 6.08. The third kappa shape index (κ3) is 2.93. The van der Waals surface area contributed by atoms with Crippen molar-refractivity contribution >= 4 is 11.3 Å². The highest BCUT2D eigenvalue weighted by Gasteiger charge is 2.51. The van der Waals surface area contributed by atoms with Crippen molar-refractivity contribution in [2.45, 2.75) is 63.8 Å².